The second kappa shape index (κ2) is 6.91. The Balaban J connectivity index is 1.99. The molecule has 0 aliphatic carbocycles. The van der Waals surface area contributed by atoms with Gasteiger partial charge in [0.05, 0.1) is 11.7 Å². The molecule has 0 aliphatic rings. The van der Waals surface area contributed by atoms with Crippen LogP contribution in [0.15, 0.2) is 46.9 Å². The second-order valence-corrected chi connectivity index (χ2v) is 5.79. The molecule has 2 aromatic rings. The number of halogens is 3. The first-order valence-corrected chi connectivity index (χ1v) is 7.41. The first-order chi connectivity index (χ1) is 9.95. The highest BCUT2D eigenvalue weighted by atomic mass is 79.9. The maximum atomic E-state index is 13.0. The van der Waals surface area contributed by atoms with Crippen LogP contribution in [-0.2, 0) is 0 Å². The lowest BCUT2D eigenvalue weighted by molar-refractivity contribution is 0.249. The standard InChI is InChI=1S/C15H13BrClFN2O/c1-9(10-2-4-11(17)5-3-10)19-15(21)20-14-7-6-12(18)8-13(14)16/h2-9H,1H3,(H2,19,20,21). The summed E-state index contributed by atoms with van der Waals surface area (Å²) >= 11 is 9.02. The van der Waals surface area contributed by atoms with Crippen molar-refractivity contribution in [2.75, 3.05) is 5.32 Å². The average Bonchev–Trinajstić information content (AvgIpc) is 2.42. The van der Waals surface area contributed by atoms with Crippen molar-refractivity contribution in [1.82, 2.24) is 5.32 Å². The zero-order chi connectivity index (χ0) is 15.4. The Kier molecular flexibility index (Phi) is 5.20. The van der Waals surface area contributed by atoms with E-state index < -0.39 is 0 Å². The highest BCUT2D eigenvalue weighted by Crippen LogP contribution is 2.23. The highest BCUT2D eigenvalue weighted by Gasteiger charge is 2.11. The summed E-state index contributed by atoms with van der Waals surface area (Å²) in [7, 11) is 0. The highest BCUT2D eigenvalue weighted by molar-refractivity contribution is 9.10. The van der Waals surface area contributed by atoms with Crippen molar-refractivity contribution in [1.29, 1.82) is 0 Å². The van der Waals surface area contributed by atoms with Gasteiger partial charge in [0.1, 0.15) is 5.82 Å². The molecule has 0 radical (unpaired) electrons. The number of rotatable bonds is 3. The Morgan fingerprint density at radius 3 is 2.52 bits per heavy atom. The van der Waals surface area contributed by atoms with E-state index in [0.29, 0.717) is 15.2 Å². The molecule has 2 aromatic carbocycles. The summed E-state index contributed by atoms with van der Waals surface area (Å²) in [6.07, 6.45) is 0. The molecule has 0 fully saturated rings. The molecule has 0 aliphatic heterocycles. The summed E-state index contributed by atoms with van der Waals surface area (Å²) in [6, 6.07) is 10.7. The third kappa shape index (κ3) is 4.44. The summed E-state index contributed by atoms with van der Waals surface area (Å²) in [5.74, 6) is -0.373. The minimum atomic E-state index is -0.373. The van der Waals surface area contributed by atoms with Crippen molar-refractivity contribution in [2.45, 2.75) is 13.0 Å². The van der Waals surface area contributed by atoms with E-state index >= 15 is 0 Å². The number of nitrogens with one attached hydrogen (secondary N) is 2. The van der Waals surface area contributed by atoms with E-state index in [1.165, 1.54) is 18.2 Å². The van der Waals surface area contributed by atoms with E-state index in [0.717, 1.165) is 5.56 Å². The summed E-state index contributed by atoms with van der Waals surface area (Å²) in [4.78, 5) is 11.9. The molecule has 0 saturated heterocycles. The molecule has 0 spiro atoms. The molecule has 0 heterocycles. The molecule has 21 heavy (non-hydrogen) atoms. The van der Waals surface area contributed by atoms with E-state index in [9.17, 15) is 9.18 Å². The van der Waals surface area contributed by atoms with E-state index in [2.05, 4.69) is 26.6 Å². The van der Waals surface area contributed by atoms with Crippen LogP contribution in [0.25, 0.3) is 0 Å². The number of hydrogen-bond donors (Lipinski definition) is 2. The van der Waals surface area contributed by atoms with Gasteiger partial charge in [0.15, 0.2) is 0 Å². The van der Waals surface area contributed by atoms with E-state index in [-0.39, 0.29) is 17.9 Å². The second-order valence-electron chi connectivity index (χ2n) is 4.50. The van der Waals surface area contributed by atoms with E-state index in [4.69, 9.17) is 11.6 Å². The normalized spacial score (nSPS) is 11.8. The van der Waals surface area contributed by atoms with Crippen LogP contribution in [-0.4, -0.2) is 6.03 Å². The van der Waals surface area contributed by atoms with Gasteiger partial charge in [-0.2, -0.15) is 0 Å². The smallest absolute Gasteiger partial charge is 0.319 e. The van der Waals surface area contributed by atoms with Crippen molar-refractivity contribution in [3.05, 3.63) is 63.3 Å². The lowest BCUT2D eigenvalue weighted by Gasteiger charge is -2.15. The summed E-state index contributed by atoms with van der Waals surface area (Å²) < 4.78 is 13.5. The fraction of sp³-hybridized carbons (Fsp3) is 0.133. The van der Waals surface area contributed by atoms with Gasteiger partial charge in [-0.25, -0.2) is 9.18 Å². The predicted octanol–water partition coefficient (Wildman–Crippen LogP) is 5.12. The molecule has 3 nitrogen and oxygen atoms in total. The lowest BCUT2D eigenvalue weighted by Crippen LogP contribution is -2.31. The van der Waals surface area contributed by atoms with E-state index in [1.54, 1.807) is 12.1 Å². The number of amides is 2. The molecule has 0 saturated carbocycles. The Morgan fingerprint density at radius 2 is 1.90 bits per heavy atom. The maximum Gasteiger partial charge on any atom is 0.319 e. The van der Waals surface area contributed by atoms with Gasteiger partial charge < -0.3 is 10.6 Å². The van der Waals surface area contributed by atoms with Crippen molar-refractivity contribution in [3.63, 3.8) is 0 Å². The van der Waals surface area contributed by atoms with Crippen LogP contribution < -0.4 is 10.6 Å². The third-order valence-corrected chi connectivity index (χ3v) is 3.81. The number of carbonyl (C=O) groups excluding carboxylic acids is 1. The van der Waals surface area contributed by atoms with Gasteiger partial charge in [0.2, 0.25) is 0 Å². The van der Waals surface area contributed by atoms with Gasteiger partial charge in [-0.3, -0.25) is 0 Å². The topological polar surface area (TPSA) is 41.1 Å². The molecule has 1 unspecified atom stereocenters. The molecule has 1 atom stereocenters. The first-order valence-electron chi connectivity index (χ1n) is 6.24. The van der Waals surface area contributed by atoms with Crippen LogP contribution in [0.2, 0.25) is 5.02 Å². The molecule has 110 valence electrons. The van der Waals surface area contributed by atoms with Crippen molar-refractivity contribution in [2.24, 2.45) is 0 Å². The minimum absolute atomic E-state index is 0.179. The van der Waals surface area contributed by atoms with Crippen molar-refractivity contribution >= 4 is 39.2 Å². The van der Waals surface area contributed by atoms with Crippen LogP contribution in [0.1, 0.15) is 18.5 Å². The Hall–Kier alpha value is -1.59. The van der Waals surface area contributed by atoms with Crippen LogP contribution in [0.3, 0.4) is 0 Å². The van der Waals surface area contributed by atoms with Crippen molar-refractivity contribution < 1.29 is 9.18 Å². The zero-order valence-corrected chi connectivity index (χ0v) is 13.5. The molecule has 2 N–H and O–H groups in total. The molecular formula is C15H13BrClFN2O. The van der Waals surface area contributed by atoms with Crippen molar-refractivity contribution in [3.8, 4) is 0 Å². The average molecular weight is 372 g/mol. The largest absolute Gasteiger partial charge is 0.331 e. The Labute approximate surface area is 135 Å². The van der Waals surface area contributed by atoms with Crippen LogP contribution in [0.5, 0.6) is 0 Å². The maximum absolute atomic E-state index is 13.0. The van der Waals surface area contributed by atoms with Gasteiger partial charge >= 0.3 is 6.03 Å². The number of hydrogen-bond acceptors (Lipinski definition) is 1. The van der Waals surface area contributed by atoms with Gasteiger partial charge in [-0.1, -0.05) is 23.7 Å². The summed E-state index contributed by atoms with van der Waals surface area (Å²) in [6.45, 7) is 1.86. The lowest BCUT2D eigenvalue weighted by atomic mass is 10.1. The Bertz CT molecular complexity index is 649. The zero-order valence-electron chi connectivity index (χ0n) is 11.2. The number of carbonyl (C=O) groups is 1. The van der Waals surface area contributed by atoms with Gasteiger partial charge in [-0.05, 0) is 58.7 Å². The molecular weight excluding hydrogens is 359 g/mol. The summed E-state index contributed by atoms with van der Waals surface area (Å²) in [5.41, 5.74) is 1.44. The fourth-order valence-corrected chi connectivity index (χ4v) is 2.36. The van der Waals surface area contributed by atoms with Gasteiger partial charge in [0.25, 0.3) is 0 Å². The molecule has 2 amide bonds. The predicted molar refractivity (Wildman–Crippen MR) is 86.1 cm³/mol. The van der Waals surface area contributed by atoms with Gasteiger partial charge in [-0.15, -0.1) is 0 Å². The number of anilines is 1. The fourth-order valence-electron chi connectivity index (χ4n) is 1.78. The number of urea groups is 1. The molecule has 0 bridgehead atoms. The number of benzene rings is 2. The van der Waals surface area contributed by atoms with Crippen LogP contribution in [0.4, 0.5) is 14.9 Å². The van der Waals surface area contributed by atoms with E-state index in [1.807, 2.05) is 19.1 Å². The molecule has 0 aromatic heterocycles. The first kappa shape index (κ1) is 15.8. The SMILES string of the molecule is CC(NC(=O)Nc1ccc(F)cc1Br)c1ccc(Cl)cc1. The minimum Gasteiger partial charge on any atom is -0.331 e. The van der Waals surface area contributed by atoms with Gasteiger partial charge in [0, 0.05) is 9.50 Å². The van der Waals surface area contributed by atoms with Crippen LogP contribution >= 0.6 is 27.5 Å². The van der Waals surface area contributed by atoms with Crippen LogP contribution in [0, 0.1) is 5.82 Å². The molecule has 6 heteroatoms. The summed E-state index contributed by atoms with van der Waals surface area (Å²) in [5, 5.41) is 6.10. The Morgan fingerprint density at radius 1 is 1.24 bits per heavy atom. The quantitative estimate of drug-likeness (QED) is 0.772. The molecule has 2 rings (SSSR count). The third-order valence-electron chi connectivity index (χ3n) is 2.90. The monoisotopic (exact) mass is 370 g/mol.